The summed E-state index contributed by atoms with van der Waals surface area (Å²) < 4.78 is 1.82. The van der Waals surface area contributed by atoms with Gasteiger partial charge in [-0.05, 0) is 18.7 Å². The zero-order chi connectivity index (χ0) is 13.0. The molecule has 96 valence electrons. The van der Waals surface area contributed by atoms with Crippen LogP contribution >= 0.6 is 0 Å². The SMILES string of the molecule is CN(Cc1cnn(C)c1)Cc1ccc(CN)cn1. The van der Waals surface area contributed by atoms with E-state index < -0.39 is 0 Å². The second kappa shape index (κ2) is 5.75. The monoisotopic (exact) mass is 245 g/mol. The molecule has 0 saturated carbocycles. The minimum atomic E-state index is 0.540. The van der Waals surface area contributed by atoms with Gasteiger partial charge in [0.25, 0.3) is 0 Å². The van der Waals surface area contributed by atoms with Gasteiger partial charge in [-0.25, -0.2) is 0 Å². The fourth-order valence-electron chi connectivity index (χ4n) is 1.87. The fraction of sp³-hybridized carbons (Fsp3) is 0.385. The first-order valence-corrected chi connectivity index (χ1v) is 5.97. The fourth-order valence-corrected chi connectivity index (χ4v) is 1.87. The van der Waals surface area contributed by atoms with Crippen LogP contribution in [0.5, 0.6) is 0 Å². The number of hydrogen-bond donors (Lipinski definition) is 1. The lowest BCUT2D eigenvalue weighted by Crippen LogP contribution is -2.17. The summed E-state index contributed by atoms with van der Waals surface area (Å²) in [7, 11) is 4.00. The molecule has 0 fully saturated rings. The molecule has 0 aliphatic carbocycles. The van der Waals surface area contributed by atoms with E-state index >= 15 is 0 Å². The zero-order valence-corrected chi connectivity index (χ0v) is 10.9. The third-order valence-electron chi connectivity index (χ3n) is 2.76. The van der Waals surface area contributed by atoms with Crippen LogP contribution in [0.1, 0.15) is 16.8 Å². The topological polar surface area (TPSA) is 60.0 Å². The molecule has 2 heterocycles. The van der Waals surface area contributed by atoms with Crippen molar-refractivity contribution in [1.29, 1.82) is 0 Å². The van der Waals surface area contributed by atoms with Crippen LogP contribution in [0.4, 0.5) is 0 Å². The lowest BCUT2D eigenvalue weighted by Gasteiger charge is -2.15. The molecule has 0 unspecified atom stereocenters. The third-order valence-corrected chi connectivity index (χ3v) is 2.76. The summed E-state index contributed by atoms with van der Waals surface area (Å²) in [5, 5.41) is 4.16. The van der Waals surface area contributed by atoms with Crippen molar-refractivity contribution in [3.8, 4) is 0 Å². The highest BCUT2D eigenvalue weighted by atomic mass is 15.2. The van der Waals surface area contributed by atoms with Crippen molar-refractivity contribution in [3.05, 3.63) is 47.5 Å². The van der Waals surface area contributed by atoms with Gasteiger partial charge in [0.15, 0.2) is 0 Å². The molecule has 5 heteroatoms. The van der Waals surface area contributed by atoms with Gasteiger partial charge in [0.05, 0.1) is 11.9 Å². The predicted molar refractivity (Wildman–Crippen MR) is 70.5 cm³/mol. The van der Waals surface area contributed by atoms with Crippen LogP contribution in [-0.2, 0) is 26.7 Å². The molecule has 18 heavy (non-hydrogen) atoms. The Kier molecular flexibility index (Phi) is 4.07. The molecule has 0 saturated heterocycles. The van der Waals surface area contributed by atoms with E-state index in [1.54, 1.807) is 0 Å². The van der Waals surface area contributed by atoms with Gasteiger partial charge in [0, 0.05) is 44.6 Å². The summed E-state index contributed by atoms with van der Waals surface area (Å²) in [6.07, 6.45) is 5.76. The largest absolute Gasteiger partial charge is 0.326 e. The summed E-state index contributed by atoms with van der Waals surface area (Å²) in [5.41, 5.74) is 8.87. The summed E-state index contributed by atoms with van der Waals surface area (Å²) in [6.45, 7) is 2.23. The Hall–Kier alpha value is -1.72. The Balaban J connectivity index is 1.91. The maximum absolute atomic E-state index is 5.55. The molecule has 0 atom stereocenters. The van der Waals surface area contributed by atoms with Gasteiger partial charge in [-0.3, -0.25) is 14.6 Å². The van der Waals surface area contributed by atoms with Gasteiger partial charge >= 0.3 is 0 Å². The van der Waals surface area contributed by atoms with E-state index in [1.165, 1.54) is 5.56 Å². The van der Waals surface area contributed by atoms with Crippen molar-refractivity contribution in [2.45, 2.75) is 19.6 Å². The first kappa shape index (κ1) is 12.7. The number of nitrogens with two attached hydrogens (primary N) is 1. The zero-order valence-electron chi connectivity index (χ0n) is 10.9. The Labute approximate surface area is 107 Å². The van der Waals surface area contributed by atoms with E-state index in [9.17, 15) is 0 Å². The quantitative estimate of drug-likeness (QED) is 0.850. The standard InChI is InChI=1S/C13H19N5/c1-17(8-12-7-16-18(2)9-12)10-13-4-3-11(5-14)6-15-13/h3-4,6-7,9H,5,8,10,14H2,1-2H3. The van der Waals surface area contributed by atoms with Crippen LogP contribution < -0.4 is 5.73 Å². The second-order valence-electron chi connectivity index (χ2n) is 4.56. The van der Waals surface area contributed by atoms with Crippen LogP contribution in [0, 0.1) is 0 Å². The summed E-state index contributed by atoms with van der Waals surface area (Å²) in [6, 6.07) is 4.06. The molecular formula is C13H19N5. The Morgan fingerprint density at radius 1 is 1.22 bits per heavy atom. The minimum Gasteiger partial charge on any atom is -0.326 e. The summed E-state index contributed by atoms with van der Waals surface area (Å²) in [4.78, 5) is 6.60. The normalized spacial score (nSPS) is 11.1. The maximum Gasteiger partial charge on any atom is 0.0544 e. The molecule has 0 spiro atoms. The Bertz CT molecular complexity index is 488. The Morgan fingerprint density at radius 3 is 2.61 bits per heavy atom. The van der Waals surface area contributed by atoms with Crippen molar-refractivity contribution in [2.24, 2.45) is 12.8 Å². The van der Waals surface area contributed by atoms with Crippen LogP contribution in [0.2, 0.25) is 0 Å². The average Bonchev–Trinajstić information content (AvgIpc) is 2.75. The van der Waals surface area contributed by atoms with Gasteiger partial charge in [-0.2, -0.15) is 5.10 Å². The van der Waals surface area contributed by atoms with Gasteiger partial charge in [-0.15, -0.1) is 0 Å². The minimum absolute atomic E-state index is 0.540. The summed E-state index contributed by atoms with van der Waals surface area (Å²) >= 11 is 0. The average molecular weight is 245 g/mol. The van der Waals surface area contributed by atoms with Crippen molar-refractivity contribution in [2.75, 3.05) is 7.05 Å². The molecule has 2 aromatic rings. The van der Waals surface area contributed by atoms with Gasteiger partial charge in [0.2, 0.25) is 0 Å². The van der Waals surface area contributed by atoms with E-state index in [4.69, 9.17) is 5.73 Å². The first-order valence-electron chi connectivity index (χ1n) is 5.97. The lowest BCUT2D eigenvalue weighted by atomic mass is 10.2. The number of hydrogen-bond acceptors (Lipinski definition) is 4. The molecule has 0 radical (unpaired) electrons. The maximum atomic E-state index is 5.55. The molecule has 0 amide bonds. The smallest absolute Gasteiger partial charge is 0.0544 e. The molecule has 2 N–H and O–H groups in total. The third kappa shape index (κ3) is 3.38. The Morgan fingerprint density at radius 2 is 2.06 bits per heavy atom. The van der Waals surface area contributed by atoms with Crippen LogP contribution in [-0.4, -0.2) is 26.7 Å². The van der Waals surface area contributed by atoms with E-state index in [-0.39, 0.29) is 0 Å². The van der Waals surface area contributed by atoms with E-state index in [0.29, 0.717) is 6.54 Å². The molecule has 2 rings (SSSR count). The predicted octanol–water partition coefficient (Wildman–Crippen LogP) is 0.906. The van der Waals surface area contributed by atoms with E-state index in [1.807, 2.05) is 42.5 Å². The van der Waals surface area contributed by atoms with Gasteiger partial charge in [0.1, 0.15) is 0 Å². The first-order chi connectivity index (χ1) is 8.67. The second-order valence-corrected chi connectivity index (χ2v) is 4.56. The number of pyridine rings is 1. The van der Waals surface area contributed by atoms with Crippen molar-refractivity contribution in [1.82, 2.24) is 19.7 Å². The summed E-state index contributed by atoms with van der Waals surface area (Å²) in [5.74, 6) is 0. The van der Waals surface area contributed by atoms with Crippen molar-refractivity contribution in [3.63, 3.8) is 0 Å². The number of nitrogens with zero attached hydrogens (tertiary/aromatic N) is 4. The molecule has 0 aliphatic rings. The highest BCUT2D eigenvalue weighted by Crippen LogP contribution is 2.06. The van der Waals surface area contributed by atoms with Crippen LogP contribution in [0.3, 0.4) is 0 Å². The molecule has 0 bridgehead atoms. The number of rotatable bonds is 5. The van der Waals surface area contributed by atoms with Crippen LogP contribution in [0.25, 0.3) is 0 Å². The van der Waals surface area contributed by atoms with Crippen molar-refractivity contribution >= 4 is 0 Å². The number of aromatic nitrogens is 3. The molecular weight excluding hydrogens is 226 g/mol. The molecule has 0 aromatic carbocycles. The van der Waals surface area contributed by atoms with Crippen molar-refractivity contribution < 1.29 is 0 Å². The molecule has 0 aliphatic heterocycles. The highest BCUT2D eigenvalue weighted by Gasteiger charge is 2.04. The van der Waals surface area contributed by atoms with E-state index in [2.05, 4.69) is 22.0 Å². The van der Waals surface area contributed by atoms with E-state index in [0.717, 1.165) is 24.3 Å². The van der Waals surface area contributed by atoms with Gasteiger partial charge in [-0.1, -0.05) is 6.07 Å². The lowest BCUT2D eigenvalue weighted by molar-refractivity contribution is 0.315. The molecule has 5 nitrogen and oxygen atoms in total. The number of aryl methyl sites for hydroxylation is 1. The highest BCUT2D eigenvalue weighted by molar-refractivity contribution is 5.13. The van der Waals surface area contributed by atoms with Gasteiger partial charge < -0.3 is 5.73 Å². The van der Waals surface area contributed by atoms with Crippen LogP contribution in [0.15, 0.2) is 30.7 Å². The molecule has 2 aromatic heterocycles.